The molecular formula is C13H15N3. The summed E-state index contributed by atoms with van der Waals surface area (Å²) < 4.78 is 1.84. The SMILES string of the molecule is Cn1cc(-c2ccc3c(c2)CCNC3)cn1. The Hall–Kier alpha value is -1.61. The third-order valence-corrected chi connectivity index (χ3v) is 3.13. The number of benzene rings is 1. The van der Waals surface area contributed by atoms with Crippen molar-refractivity contribution in [2.45, 2.75) is 13.0 Å². The van der Waals surface area contributed by atoms with E-state index in [1.807, 2.05) is 17.9 Å². The van der Waals surface area contributed by atoms with Crippen LogP contribution in [0, 0.1) is 0 Å². The van der Waals surface area contributed by atoms with Crippen LogP contribution in [0.3, 0.4) is 0 Å². The van der Waals surface area contributed by atoms with Gasteiger partial charge in [-0.2, -0.15) is 5.10 Å². The Balaban J connectivity index is 2.02. The molecule has 0 saturated carbocycles. The van der Waals surface area contributed by atoms with Gasteiger partial charge in [-0.3, -0.25) is 4.68 Å². The fourth-order valence-corrected chi connectivity index (χ4v) is 2.23. The molecule has 0 radical (unpaired) electrons. The van der Waals surface area contributed by atoms with Crippen molar-refractivity contribution in [2.24, 2.45) is 7.05 Å². The number of nitrogens with one attached hydrogen (secondary N) is 1. The van der Waals surface area contributed by atoms with Gasteiger partial charge >= 0.3 is 0 Å². The molecule has 0 aliphatic carbocycles. The van der Waals surface area contributed by atoms with E-state index < -0.39 is 0 Å². The van der Waals surface area contributed by atoms with Crippen LogP contribution in [0.2, 0.25) is 0 Å². The quantitative estimate of drug-likeness (QED) is 0.782. The minimum atomic E-state index is 1.00. The number of nitrogens with zero attached hydrogens (tertiary/aromatic N) is 2. The fraction of sp³-hybridized carbons (Fsp3) is 0.308. The lowest BCUT2D eigenvalue weighted by atomic mass is 9.97. The summed E-state index contributed by atoms with van der Waals surface area (Å²) in [6, 6.07) is 6.71. The second-order valence-corrected chi connectivity index (χ2v) is 4.31. The number of aryl methyl sites for hydroxylation is 1. The van der Waals surface area contributed by atoms with Gasteiger partial charge in [0.15, 0.2) is 0 Å². The van der Waals surface area contributed by atoms with Crippen molar-refractivity contribution in [3.8, 4) is 11.1 Å². The van der Waals surface area contributed by atoms with Gasteiger partial charge in [0.1, 0.15) is 0 Å². The fourth-order valence-electron chi connectivity index (χ4n) is 2.23. The van der Waals surface area contributed by atoms with Gasteiger partial charge in [-0.1, -0.05) is 18.2 Å². The summed E-state index contributed by atoms with van der Waals surface area (Å²) >= 11 is 0. The molecule has 0 saturated heterocycles. The van der Waals surface area contributed by atoms with Crippen molar-refractivity contribution in [2.75, 3.05) is 6.54 Å². The number of hydrogen-bond acceptors (Lipinski definition) is 2. The van der Waals surface area contributed by atoms with Gasteiger partial charge in [0, 0.05) is 25.4 Å². The molecule has 0 bridgehead atoms. The standard InChI is InChI=1S/C13H15N3/c1-16-9-13(8-15-16)10-2-3-12-7-14-5-4-11(12)6-10/h2-3,6,8-9,14H,4-5,7H2,1H3. The third-order valence-electron chi connectivity index (χ3n) is 3.13. The van der Waals surface area contributed by atoms with Crippen LogP contribution in [-0.2, 0) is 20.0 Å². The topological polar surface area (TPSA) is 29.9 Å². The number of aromatic nitrogens is 2. The smallest absolute Gasteiger partial charge is 0.0568 e. The second kappa shape index (κ2) is 3.76. The van der Waals surface area contributed by atoms with E-state index in [4.69, 9.17) is 0 Å². The molecule has 0 spiro atoms. The molecule has 0 fully saturated rings. The highest BCUT2D eigenvalue weighted by Gasteiger charge is 2.09. The molecule has 1 N–H and O–H groups in total. The summed E-state index contributed by atoms with van der Waals surface area (Å²) in [7, 11) is 1.95. The summed E-state index contributed by atoms with van der Waals surface area (Å²) in [6.07, 6.45) is 5.11. The first kappa shape index (κ1) is 9.60. The highest BCUT2D eigenvalue weighted by atomic mass is 15.2. The second-order valence-electron chi connectivity index (χ2n) is 4.31. The molecule has 3 heteroatoms. The molecule has 2 heterocycles. The molecule has 82 valence electrons. The molecule has 1 aliphatic rings. The lowest BCUT2D eigenvalue weighted by molar-refractivity contribution is 0.644. The van der Waals surface area contributed by atoms with Gasteiger partial charge in [0.2, 0.25) is 0 Å². The van der Waals surface area contributed by atoms with E-state index in [1.54, 1.807) is 0 Å². The number of rotatable bonds is 1. The van der Waals surface area contributed by atoms with Crippen LogP contribution in [0.5, 0.6) is 0 Å². The van der Waals surface area contributed by atoms with E-state index >= 15 is 0 Å². The molecule has 1 aliphatic heterocycles. The van der Waals surface area contributed by atoms with Crippen molar-refractivity contribution >= 4 is 0 Å². The average molecular weight is 213 g/mol. The maximum Gasteiger partial charge on any atom is 0.0568 e. The maximum atomic E-state index is 4.21. The lowest BCUT2D eigenvalue weighted by Gasteiger charge is -2.17. The zero-order valence-corrected chi connectivity index (χ0v) is 9.40. The van der Waals surface area contributed by atoms with Crippen LogP contribution >= 0.6 is 0 Å². The lowest BCUT2D eigenvalue weighted by Crippen LogP contribution is -2.23. The summed E-state index contributed by atoms with van der Waals surface area (Å²) in [5.74, 6) is 0. The van der Waals surface area contributed by atoms with E-state index in [1.165, 1.54) is 22.3 Å². The highest BCUT2D eigenvalue weighted by molar-refractivity contribution is 5.63. The van der Waals surface area contributed by atoms with Crippen LogP contribution in [0.4, 0.5) is 0 Å². The molecule has 0 atom stereocenters. The Morgan fingerprint density at radius 3 is 3.00 bits per heavy atom. The van der Waals surface area contributed by atoms with Gasteiger partial charge in [-0.05, 0) is 29.7 Å². The van der Waals surface area contributed by atoms with E-state index in [0.717, 1.165) is 19.5 Å². The molecular weight excluding hydrogens is 198 g/mol. The van der Waals surface area contributed by atoms with Gasteiger partial charge in [-0.15, -0.1) is 0 Å². The first-order valence-corrected chi connectivity index (χ1v) is 5.64. The summed E-state index contributed by atoms with van der Waals surface area (Å²) in [5, 5.41) is 7.60. The van der Waals surface area contributed by atoms with Crippen LogP contribution in [0.15, 0.2) is 30.6 Å². The normalized spacial score (nSPS) is 14.8. The summed E-state index contributed by atoms with van der Waals surface area (Å²) in [4.78, 5) is 0. The van der Waals surface area contributed by atoms with Crippen LogP contribution in [0.1, 0.15) is 11.1 Å². The predicted molar refractivity (Wildman–Crippen MR) is 64.1 cm³/mol. The molecule has 1 aromatic heterocycles. The minimum Gasteiger partial charge on any atom is -0.312 e. The average Bonchev–Trinajstić information content (AvgIpc) is 2.75. The summed E-state index contributed by atoms with van der Waals surface area (Å²) in [6.45, 7) is 2.09. The molecule has 1 aromatic carbocycles. The van der Waals surface area contributed by atoms with E-state index in [9.17, 15) is 0 Å². The van der Waals surface area contributed by atoms with Gasteiger partial charge in [-0.25, -0.2) is 0 Å². The molecule has 0 amide bonds. The Morgan fingerprint density at radius 2 is 2.19 bits per heavy atom. The van der Waals surface area contributed by atoms with Crippen LogP contribution in [-0.4, -0.2) is 16.3 Å². The monoisotopic (exact) mass is 213 g/mol. The van der Waals surface area contributed by atoms with Crippen molar-refractivity contribution < 1.29 is 0 Å². The largest absolute Gasteiger partial charge is 0.312 e. The van der Waals surface area contributed by atoms with Gasteiger partial charge < -0.3 is 5.32 Å². The molecule has 0 unspecified atom stereocenters. The first-order valence-electron chi connectivity index (χ1n) is 5.64. The molecule has 3 rings (SSSR count). The third kappa shape index (κ3) is 1.63. The van der Waals surface area contributed by atoms with Gasteiger partial charge in [0.05, 0.1) is 6.20 Å². The number of fused-ring (bicyclic) bond motifs is 1. The molecule has 3 nitrogen and oxygen atoms in total. The molecule has 16 heavy (non-hydrogen) atoms. The van der Waals surface area contributed by atoms with Crippen LogP contribution in [0.25, 0.3) is 11.1 Å². The van der Waals surface area contributed by atoms with Crippen LogP contribution < -0.4 is 5.32 Å². The maximum absolute atomic E-state index is 4.21. The van der Waals surface area contributed by atoms with E-state index in [0.29, 0.717) is 0 Å². The van der Waals surface area contributed by atoms with Gasteiger partial charge in [0.25, 0.3) is 0 Å². The zero-order chi connectivity index (χ0) is 11.0. The zero-order valence-electron chi connectivity index (χ0n) is 9.40. The van der Waals surface area contributed by atoms with Crippen molar-refractivity contribution in [1.29, 1.82) is 0 Å². The Morgan fingerprint density at radius 1 is 1.25 bits per heavy atom. The Bertz CT molecular complexity index is 514. The highest BCUT2D eigenvalue weighted by Crippen LogP contribution is 2.23. The summed E-state index contributed by atoms with van der Waals surface area (Å²) in [5.41, 5.74) is 5.37. The van der Waals surface area contributed by atoms with Crippen molar-refractivity contribution in [3.63, 3.8) is 0 Å². The van der Waals surface area contributed by atoms with E-state index in [-0.39, 0.29) is 0 Å². The predicted octanol–water partition coefficient (Wildman–Crippen LogP) is 1.73. The first-order chi connectivity index (χ1) is 7.83. The number of hydrogen-bond donors (Lipinski definition) is 1. The van der Waals surface area contributed by atoms with Crippen molar-refractivity contribution in [1.82, 2.24) is 15.1 Å². The van der Waals surface area contributed by atoms with E-state index in [2.05, 4.69) is 34.8 Å². The molecule has 2 aromatic rings. The minimum absolute atomic E-state index is 1.00. The Labute approximate surface area is 95.1 Å². The van der Waals surface area contributed by atoms with Crippen molar-refractivity contribution in [3.05, 3.63) is 41.7 Å². The Kier molecular flexibility index (Phi) is 2.26.